The Hall–Kier alpha value is 1.05. The molecule has 114 valence electrons. The Morgan fingerprint density at radius 1 is 0.579 bits per heavy atom. The summed E-state index contributed by atoms with van der Waals surface area (Å²) in [5, 5.41) is 0. The van der Waals surface area contributed by atoms with Crippen molar-refractivity contribution in [1.29, 1.82) is 0 Å². The largest absolute Gasteiger partial charge is 0.131 e. The van der Waals surface area contributed by atoms with E-state index in [4.69, 9.17) is 0 Å². The fourth-order valence-electron chi connectivity index (χ4n) is 2.40. The first-order valence-electron chi connectivity index (χ1n) is 8.34. The Labute approximate surface area is 133 Å². The molecule has 1 aliphatic heterocycles. The number of thioether (sulfide) groups is 1. The van der Waals surface area contributed by atoms with Gasteiger partial charge in [0, 0.05) is 0 Å². The highest BCUT2D eigenvalue weighted by Gasteiger charge is 2.25. The predicted molar refractivity (Wildman–Crippen MR) is 97.1 cm³/mol. The van der Waals surface area contributed by atoms with Crippen molar-refractivity contribution < 1.29 is 0 Å². The van der Waals surface area contributed by atoms with Gasteiger partial charge < -0.3 is 0 Å². The van der Waals surface area contributed by atoms with Crippen molar-refractivity contribution >= 4 is 33.3 Å². The summed E-state index contributed by atoms with van der Waals surface area (Å²) in [7, 11) is 4.32. The molecular formula is C16H32S3. The zero-order valence-electron chi connectivity index (χ0n) is 12.9. The summed E-state index contributed by atoms with van der Waals surface area (Å²) in [6.07, 6.45) is 17.2. The molecule has 0 radical (unpaired) electrons. The van der Waals surface area contributed by atoms with E-state index in [0.717, 1.165) is 9.16 Å². The Kier molecular flexibility index (Phi) is 12.2. The van der Waals surface area contributed by atoms with Crippen LogP contribution in [0.2, 0.25) is 0 Å². The number of hydrogen-bond acceptors (Lipinski definition) is 3. The van der Waals surface area contributed by atoms with Gasteiger partial charge in [0.1, 0.15) is 0 Å². The smallest absolute Gasteiger partial charge is 0.0617 e. The topological polar surface area (TPSA) is 0 Å². The molecule has 0 aromatic carbocycles. The van der Waals surface area contributed by atoms with Gasteiger partial charge in [-0.1, -0.05) is 99.6 Å². The van der Waals surface area contributed by atoms with Gasteiger partial charge in [0.15, 0.2) is 0 Å². The number of rotatable bonds is 12. The minimum absolute atomic E-state index is 0.896. The second-order valence-electron chi connectivity index (χ2n) is 5.59. The molecule has 0 spiro atoms. The molecule has 2 atom stereocenters. The molecule has 1 aliphatic rings. The molecule has 0 aliphatic carbocycles. The van der Waals surface area contributed by atoms with Gasteiger partial charge in [-0.3, -0.25) is 0 Å². The highest BCUT2D eigenvalue weighted by Crippen LogP contribution is 2.54. The Morgan fingerprint density at radius 2 is 1.00 bits per heavy atom. The average Bonchev–Trinajstić information content (AvgIpc) is 2.86. The van der Waals surface area contributed by atoms with Crippen molar-refractivity contribution in [3.05, 3.63) is 0 Å². The van der Waals surface area contributed by atoms with Crippen molar-refractivity contribution in [2.45, 2.75) is 100 Å². The van der Waals surface area contributed by atoms with E-state index in [0.29, 0.717) is 0 Å². The van der Waals surface area contributed by atoms with Crippen LogP contribution >= 0.6 is 33.3 Å². The summed E-state index contributed by atoms with van der Waals surface area (Å²) >= 11 is 2.26. The summed E-state index contributed by atoms with van der Waals surface area (Å²) in [6, 6.07) is 0. The first kappa shape index (κ1) is 18.1. The fraction of sp³-hybridized carbons (Fsp3) is 1.00. The van der Waals surface area contributed by atoms with Crippen LogP contribution in [0, 0.1) is 0 Å². The lowest BCUT2D eigenvalue weighted by Gasteiger charge is -2.09. The third kappa shape index (κ3) is 9.57. The van der Waals surface area contributed by atoms with Crippen molar-refractivity contribution in [3.8, 4) is 0 Å². The normalized spacial score (nSPS) is 23.1. The van der Waals surface area contributed by atoms with Gasteiger partial charge in [-0.05, 0) is 12.8 Å². The van der Waals surface area contributed by atoms with Crippen LogP contribution < -0.4 is 0 Å². The molecular weight excluding hydrogens is 288 g/mol. The van der Waals surface area contributed by atoms with Gasteiger partial charge in [-0.15, -0.1) is 11.8 Å². The summed E-state index contributed by atoms with van der Waals surface area (Å²) in [6.45, 7) is 4.59. The first-order chi connectivity index (χ1) is 9.36. The third-order valence-electron chi connectivity index (χ3n) is 3.66. The molecule has 0 bridgehead atoms. The van der Waals surface area contributed by atoms with Crippen molar-refractivity contribution in [1.82, 2.24) is 0 Å². The molecule has 3 heteroatoms. The molecule has 0 aromatic heterocycles. The maximum atomic E-state index is 2.30. The van der Waals surface area contributed by atoms with E-state index in [-0.39, 0.29) is 0 Å². The lowest BCUT2D eigenvalue weighted by molar-refractivity contribution is 0.619. The second kappa shape index (κ2) is 12.8. The molecule has 0 amide bonds. The molecule has 0 nitrogen and oxygen atoms in total. The van der Waals surface area contributed by atoms with Gasteiger partial charge in [-0.2, -0.15) is 0 Å². The van der Waals surface area contributed by atoms with Crippen LogP contribution in [0.4, 0.5) is 0 Å². The molecule has 1 saturated heterocycles. The molecule has 0 saturated carbocycles. The molecule has 1 heterocycles. The van der Waals surface area contributed by atoms with E-state index in [9.17, 15) is 0 Å². The summed E-state index contributed by atoms with van der Waals surface area (Å²) in [5.41, 5.74) is 0. The van der Waals surface area contributed by atoms with E-state index in [1.165, 1.54) is 77.0 Å². The van der Waals surface area contributed by atoms with Gasteiger partial charge in [-0.25, -0.2) is 0 Å². The van der Waals surface area contributed by atoms with Crippen LogP contribution in [0.25, 0.3) is 0 Å². The van der Waals surface area contributed by atoms with Gasteiger partial charge in [0.25, 0.3) is 0 Å². The fourth-order valence-corrected chi connectivity index (χ4v) is 8.45. The molecule has 1 fully saturated rings. The van der Waals surface area contributed by atoms with Gasteiger partial charge >= 0.3 is 0 Å². The standard InChI is InChI=1S/C16H32S3/c1-3-5-7-9-11-13-15-17-16(19-18-15)14-12-10-8-6-4-2/h15-16H,3-14H2,1-2H3. The summed E-state index contributed by atoms with van der Waals surface area (Å²) < 4.78 is 1.79. The zero-order chi connectivity index (χ0) is 13.8. The van der Waals surface area contributed by atoms with E-state index < -0.39 is 0 Å². The predicted octanol–water partition coefficient (Wildman–Crippen LogP) is 7.49. The minimum Gasteiger partial charge on any atom is -0.131 e. The molecule has 19 heavy (non-hydrogen) atoms. The van der Waals surface area contributed by atoms with Crippen LogP contribution in [-0.2, 0) is 0 Å². The Bertz CT molecular complexity index is 176. The lowest BCUT2D eigenvalue weighted by atomic mass is 10.1. The Morgan fingerprint density at radius 3 is 1.42 bits per heavy atom. The zero-order valence-corrected chi connectivity index (χ0v) is 15.3. The van der Waals surface area contributed by atoms with Crippen LogP contribution in [0.1, 0.15) is 90.9 Å². The van der Waals surface area contributed by atoms with Crippen molar-refractivity contribution in [2.24, 2.45) is 0 Å². The van der Waals surface area contributed by atoms with Crippen LogP contribution in [-0.4, -0.2) is 9.16 Å². The van der Waals surface area contributed by atoms with Crippen molar-refractivity contribution in [2.75, 3.05) is 0 Å². The average molecular weight is 321 g/mol. The maximum absolute atomic E-state index is 2.30. The molecule has 0 aromatic rings. The number of hydrogen-bond donors (Lipinski definition) is 0. The van der Waals surface area contributed by atoms with Gasteiger partial charge in [0.2, 0.25) is 0 Å². The summed E-state index contributed by atoms with van der Waals surface area (Å²) in [5.74, 6) is 0. The Balaban J connectivity index is 1.91. The maximum Gasteiger partial charge on any atom is 0.0617 e. The quantitative estimate of drug-likeness (QED) is 0.270. The summed E-state index contributed by atoms with van der Waals surface area (Å²) in [4.78, 5) is 0. The third-order valence-corrected chi connectivity index (χ3v) is 9.45. The monoisotopic (exact) mass is 320 g/mol. The molecule has 0 N–H and O–H groups in total. The number of unbranched alkanes of at least 4 members (excludes halogenated alkanes) is 8. The SMILES string of the molecule is CCCCCCCC1SSC(CCCCCCC)S1. The lowest BCUT2D eigenvalue weighted by Crippen LogP contribution is -1.96. The van der Waals surface area contributed by atoms with E-state index in [1.807, 2.05) is 0 Å². The van der Waals surface area contributed by atoms with E-state index in [2.05, 4.69) is 47.2 Å². The van der Waals surface area contributed by atoms with Crippen LogP contribution in [0.3, 0.4) is 0 Å². The van der Waals surface area contributed by atoms with Crippen molar-refractivity contribution in [3.63, 3.8) is 0 Å². The minimum atomic E-state index is 0.896. The van der Waals surface area contributed by atoms with Crippen LogP contribution in [0.15, 0.2) is 0 Å². The highest BCUT2D eigenvalue weighted by atomic mass is 33.1. The van der Waals surface area contributed by atoms with Crippen LogP contribution in [0.5, 0.6) is 0 Å². The van der Waals surface area contributed by atoms with Gasteiger partial charge in [0.05, 0.1) is 9.16 Å². The first-order valence-corrected chi connectivity index (χ1v) is 11.6. The van der Waals surface area contributed by atoms with E-state index in [1.54, 1.807) is 0 Å². The second-order valence-corrected chi connectivity index (χ2v) is 10.3. The molecule has 1 rings (SSSR count). The molecule has 2 unspecified atom stereocenters. The highest BCUT2D eigenvalue weighted by molar-refractivity contribution is 8.82. The van der Waals surface area contributed by atoms with E-state index >= 15 is 0 Å².